The SMILES string of the molecule is CNCc1ccccc1C1CCS(=O)(=O)C1. The van der Waals surface area contributed by atoms with Gasteiger partial charge in [0.05, 0.1) is 11.5 Å². The summed E-state index contributed by atoms with van der Waals surface area (Å²) >= 11 is 0. The number of hydrogen-bond donors (Lipinski definition) is 1. The molecule has 1 atom stereocenters. The van der Waals surface area contributed by atoms with Gasteiger partial charge in [-0.3, -0.25) is 0 Å². The summed E-state index contributed by atoms with van der Waals surface area (Å²) in [4.78, 5) is 0. The van der Waals surface area contributed by atoms with E-state index in [1.807, 2.05) is 19.2 Å². The molecule has 4 heteroatoms. The molecule has 1 heterocycles. The second-order valence-electron chi connectivity index (χ2n) is 4.33. The minimum atomic E-state index is -2.80. The molecule has 1 aromatic carbocycles. The lowest BCUT2D eigenvalue weighted by molar-refractivity contribution is 0.601. The van der Waals surface area contributed by atoms with Crippen LogP contribution in [0, 0.1) is 0 Å². The van der Waals surface area contributed by atoms with E-state index >= 15 is 0 Å². The van der Waals surface area contributed by atoms with Gasteiger partial charge in [-0.15, -0.1) is 0 Å². The van der Waals surface area contributed by atoms with E-state index in [1.54, 1.807) is 0 Å². The van der Waals surface area contributed by atoms with Crippen molar-refractivity contribution in [3.63, 3.8) is 0 Å². The molecule has 0 amide bonds. The Hall–Kier alpha value is -0.870. The first kappa shape index (κ1) is 11.6. The van der Waals surface area contributed by atoms with Crippen LogP contribution in [-0.4, -0.2) is 27.0 Å². The first-order valence-corrected chi connectivity index (χ1v) is 7.37. The molecule has 1 fully saturated rings. The van der Waals surface area contributed by atoms with Crippen LogP contribution in [0.3, 0.4) is 0 Å². The second kappa shape index (κ2) is 4.55. The molecule has 1 saturated heterocycles. The second-order valence-corrected chi connectivity index (χ2v) is 6.56. The van der Waals surface area contributed by atoms with E-state index in [1.165, 1.54) is 11.1 Å². The Morgan fingerprint density at radius 1 is 1.38 bits per heavy atom. The summed E-state index contributed by atoms with van der Waals surface area (Å²) in [6.07, 6.45) is 0.767. The summed E-state index contributed by atoms with van der Waals surface area (Å²) in [6.45, 7) is 0.798. The molecule has 2 rings (SSSR count). The van der Waals surface area contributed by atoms with E-state index in [2.05, 4.69) is 17.4 Å². The van der Waals surface area contributed by atoms with Crippen LogP contribution in [0.5, 0.6) is 0 Å². The van der Waals surface area contributed by atoms with Crippen molar-refractivity contribution in [2.45, 2.75) is 18.9 Å². The molecule has 1 unspecified atom stereocenters. The summed E-state index contributed by atoms with van der Waals surface area (Å²) < 4.78 is 22.9. The van der Waals surface area contributed by atoms with E-state index in [0.29, 0.717) is 11.5 Å². The molecule has 1 aliphatic heterocycles. The first-order valence-electron chi connectivity index (χ1n) is 5.55. The molecule has 1 N–H and O–H groups in total. The summed E-state index contributed by atoms with van der Waals surface area (Å²) in [5.41, 5.74) is 2.41. The van der Waals surface area contributed by atoms with Gasteiger partial charge in [-0.1, -0.05) is 24.3 Å². The summed E-state index contributed by atoms with van der Waals surface area (Å²) in [6, 6.07) is 8.11. The fourth-order valence-electron chi connectivity index (χ4n) is 2.32. The molecular formula is C12H17NO2S. The Bertz CT molecular complexity index is 468. The molecule has 0 aliphatic carbocycles. The average Bonchev–Trinajstić information content (AvgIpc) is 2.60. The van der Waals surface area contributed by atoms with E-state index in [4.69, 9.17) is 0 Å². The molecule has 88 valence electrons. The van der Waals surface area contributed by atoms with Crippen LogP contribution in [0.4, 0.5) is 0 Å². The molecule has 1 aliphatic rings. The molecule has 0 aromatic heterocycles. The lowest BCUT2D eigenvalue weighted by Gasteiger charge is -2.13. The third kappa shape index (κ3) is 2.44. The van der Waals surface area contributed by atoms with Gasteiger partial charge in [-0.05, 0) is 30.5 Å². The van der Waals surface area contributed by atoms with Crippen molar-refractivity contribution in [2.24, 2.45) is 0 Å². The van der Waals surface area contributed by atoms with Crippen molar-refractivity contribution in [1.82, 2.24) is 5.32 Å². The van der Waals surface area contributed by atoms with Crippen LogP contribution in [0.15, 0.2) is 24.3 Å². The first-order chi connectivity index (χ1) is 7.62. The number of benzene rings is 1. The van der Waals surface area contributed by atoms with E-state index in [9.17, 15) is 8.42 Å². The Kier molecular flexibility index (Phi) is 3.30. The number of sulfone groups is 1. The third-order valence-electron chi connectivity index (χ3n) is 3.09. The lowest BCUT2D eigenvalue weighted by atomic mass is 9.94. The third-order valence-corrected chi connectivity index (χ3v) is 4.86. The van der Waals surface area contributed by atoms with Gasteiger partial charge in [0, 0.05) is 6.54 Å². The van der Waals surface area contributed by atoms with Crippen LogP contribution in [-0.2, 0) is 16.4 Å². The Morgan fingerprint density at radius 3 is 2.75 bits per heavy atom. The standard InChI is InChI=1S/C12H17NO2S/c1-13-8-10-4-2-3-5-12(10)11-6-7-16(14,15)9-11/h2-5,11,13H,6-9H2,1H3. The van der Waals surface area contributed by atoms with E-state index < -0.39 is 9.84 Å². The Balaban J connectivity index is 2.27. The fraction of sp³-hybridized carbons (Fsp3) is 0.500. The Labute approximate surface area is 96.8 Å². The van der Waals surface area contributed by atoms with Crippen molar-refractivity contribution >= 4 is 9.84 Å². The quantitative estimate of drug-likeness (QED) is 0.865. The molecule has 0 spiro atoms. The van der Waals surface area contributed by atoms with Crippen LogP contribution >= 0.6 is 0 Å². The minimum absolute atomic E-state index is 0.189. The van der Waals surface area contributed by atoms with Crippen molar-refractivity contribution in [2.75, 3.05) is 18.6 Å². The van der Waals surface area contributed by atoms with Gasteiger partial charge in [0.25, 0.3) is 0 Å². The maximum atomic E-state index is 11.5. The highest BCUT2D eigenvalue weighted by Crippen LogP contribution is 2.30. The van der Waals surface area contributed by atoms with Gasteiger partial charge < -0.3 is 5.32 Å². The number of nitrogens with one attached hydrogen (secondary N) is 1. The van der Waals surface area contributed by atoms with Gasteiger partial charge >= 0.3 is 0 Å². The number of hydrogen-bond acceptors (Lipinski definition) is 3. The maximum Gasteiger partial charge on any atom is 0.150 e. The zero-order valence-electron chi connectivity index (χ0n) is 9.44. The van der Waals surface area contributed by atoms with Crippen molar-refractivity contribution < 1.29 is 8.42 Å². The predicted molar refractivity (Wildman–Crippen MR) is 65.2 cm³/mol. The fourth-order valence-corrected chi connectivity index (χ4v) is 4.09. The largest absolute Gasteiger partial charge is 0.316 e. The monoisotopic (exact) mass is 239 g/mol. The highest BCUT2D eigenvalue weighted by atomic mass is 32.2. The van der Waals surface area contributed by atoms with Gasteiger partial charge in [-0.25, -0.2) is 8.42 Å². The molecule has 0 radical (unpaired) electrons. The highest BCUT2D eigenvalue weighted by molar-refractivity contribution is 7.91. The van der Waals surface area contributed by atoms with E-state index in [-0.39, 0.29) is 5.92 Å². The van der Waals surface area contributed by atoms with Crippen molar-refractivity contribution in [3.05, 3.63) is 35.4 Å². The molecule has 16 heavy (non-hydrogen) atoms. The van der Waals surface area contributed by atoms with Gasteiger partial charge in [0.15, 0.2) is 9.84 Å². The number of rotatable bonds is 3. The van der Waals surface area contributed by atoms with Crippen LogP contribution in [0.25, 0.3) is 0 Å². The van der Waals surface area contributed by atoms with Crippen molar-refractivity contribution in [3.8, 4) is 0 Å². The smallest absolute Gasteiger partial charge is 0.150 e. The molecule has 0 bridgehead atoms. The average molecular weight is 239 g/mol. The lowest BCUT2D eigenvalue weighted by Crippen LogP contribution is -2.11. The van der Waals surface area contributed by atoms with Gasteiger partial charge in [0.2, 0.25) is 0 Å². The van der Waals surface area contributed by atoms with Gasteiger partial charge in [0.1, 0.15) is 0 Å². The molecule has 3 nitrogen and oxygen atoms in total. The van der Waals surface area contributed by atoms with E-state index in [0.717, 1.165) is 13.0 Å². The van der Waals surface area contributed by atoms with Crippen molar-refractivity contribution in [1.29, 1.82) is 0 Å². The minimum Gasteiger partial charge on any atom is -0.316 e. The maximum absolute atomic E-state index is 11.5. The molecule has 0 saturated carbocycles. The predicted octanol–water partition coefficient (Wildman–Crippen LogP) is 1.31. The van der Waals surface area contributed by atoms with Crippen LogP contribution in [0.2, 0.25) is 0 Å². The topological polar surface area (TPSA) is 46.2 Å². The summed E-state index contributed by atoms with van der Waals surface area (Å²) in [5, 5.41) is 3.12. The van der Waals surface area contributed by atoms with Crippen LogP contribution in [0.1, 0.15) is 23.5 Å². The van der Waals surface area contributed by atoms with Gasteiger partial charge in [-0.2, -0.15) is 0 Å². The zero-order valence-corrected chi connectivity index (χ0v) is 10.3. The molecular weight excluding hydrogens is 222 g/mol. The van der Waals surface area contributed by atoms with Crippen LogP contribution < -0.4 is 5.32 Å². The molecule has 1 aromatic rings. The zero-order chi connectivity index (χ0) is 11.6. The highest BCUT2D eigenvalue weighted by Gasteiger charge is 2.29. The normalized spacial score (nSPS) is 23.4. The Morgan fingerprint density at radius 2 is 2.12 bits per heavy atom. The summed E-state index contributed by atoms with van der Waals surface area (Å²) in [7, 11) is -0.891. The summed E-state index contributed by atoms with van der Waals surface area (Å²) in [5.74, 6) is 0.841.